The zero-order valence-corrected chi connectivity index (χ0v) is 13.4. The zero-order valence-electron chi connectivity index (χ0n) is 12.6. The van der Waals surface area contributed by atoms with E-state index in [1.54, 1.807) is 0 Å². The second-order valence-electron chi connectivity index (χ2n) is 5.36. The van der Waals surface area contributed by atoms with Gasteiger partial charge in [-0.2, -0.15) is 0 Å². The van der Waals surface area contributed by atoms with Crippen molar-refractivity contribution in [2.45, 2.75) is 38.6 Å². The van der Waals surface area contributed by atoms with Crippen molar-refractivity contribution >= 4 is 18.3 Å². The highest BCUT2D eigenvalue weighted by atomic mass is 35.5. The monoisotopic (exact) mass is 312 g/mol. The van der Waals surface area contributed by atoms with E-state index in [4.69, 9.17) is 10.5 Å². The number of rotatable bonds is 5. The number of hydrogen-bond acceptors (Lipinski definition) is 3. The Morgan fingerprint density at radius 3 is 2.48 bits per heavy atom. The van der Waals surface area contributed by atoms with Crippen molar-refractivity contribution in [3.8, 4) is 5.75 Å². The second-order valence-corrected chi connectivity index (χ2v) is 5.36. The van der Waals surface area contributed by atoms with Crippen molar-refractivity contribution in [1.82, 2.24) is 4.90 Å². The van der Waals surface area contributed by atoms with E-state index in [-0.39, 0.29) is 24.4 Å². The van der Waals surface area contributed by atoms with E-state index in [9.17, 15) is 4.79 Å². The maximum Gasteiger partial charge on any atom is 0.253 e. The number of nitrogens with two attached hydrogens (primary N) is 1. The standard InChI is InChI=1S/C16H24N2O2.ClH/c1-2-3-12-20-15-6-4-13(5-7-15)16(19)18-10-8-14(17)9-11-18;/h4-7,14H,2-3,8-12,17H2,1H3;1H. The van der Waals surface area contributed by atoms with Crippen LogP contribution in [-0.2, 0) is 0 Å². The largest absolute Gasteiger partial charge is 0.494 e. The summed E-state index contributed by atoms with van der Waals surface area (Å²) in [6.45, 7) is 4.38. The highest BCUT2D eigenvalue weighted by Gasteiger charge is 2.21. The van der Waals surface area contributed by atoms with E-state index in [0.29, 0.717) is 0 Å². The lowest BCUT2D eigenvalue weighted by Gasteiger charge is -2.30. The molecule has 1 aromatic carbocycles. The predicted molar refractivity (Wildman–Crippen MR) is 87.2 cm³/mol. The summed E-state index contributed by atoms with van der Waals surface area (Å²) in [5.41, 5.74) is 6.58. The molecule has 0 aliphatic carbocycles. The minimum atomic E-state index is 0. The molecule has 0 unspecified atom stereocenters. The molecule has 118 valence electrons. The maximum absolute atomic E-state index is 12.3. The summed E-state index contributed by atoms with van der Waals surface area (Å²) in [5, 5.41) is 0. The molecule has 21 heavy (non-hydrogen) atoms. The van der Waals surface area contributed by atoms with Gasteiger partial charge in [0.1, 0.15) is 5.75 Å². The third kappa shape index (κ3) is 5.21. The molecule has 5 heteroatoms. The molecule has 2 N–H and O–H groups in total. The van der Waals surface area contributed by atoms with Gasteiger partial charge < -0.3 is 15.4 Å². The summed E-state index contributed by atoms with van der Waals surface area (Å²) in [7, 11) is 0. The number of benzene rings is 1. The topological polar surface area (TPSA) is 55.6 Å². The summed E-state index contributed by atoms with van der Waals surface area (Å²) in [6, 6.07) is 7.68. The second kappa shape index (κ2) is 8.90. The van der Waals surface area contributed by atoms with Crippen LogP contribution >= 0.6 is 12.4 Å². The lowest BCUT2D eigenvalue weighted by molar-refractivity contribution is 0.0714. The van der Waals surface area contributed by atoms with Crippen molar-refractivity contribution in [1.29, 1.82) is 0 Å². The molecule has 1 saturated heterocycles. The summed E-state index contributed by atoms with van der Waals surface area (Å²) in [6.07, 6.45) is 3.95. The van der Waals surface area contributed by atoms with Crippen LogP contribution in [0.2, 0.25) is 0 Å². The molecule has 0 spiro atoms. The third-order valence-electron chi connectivity index (χ3n) is 3.69. The van der Waals surface area contributed by atoms with Gasteiger partial charge in [-0.1, -0.05) is 13.3 Å². The van der Waals surface area contributed by atoms with Gasteiger partial charge in [-0.25, -0.2) is 0 Å². The van der Waals surface area contributed by atoms with E-state index in [1.807, 2.05) is 29.2 Å². The predicted octanol–water partition coefficient (Wildman–Crippen LogP) is 2.85. The Kier molecular flexibility index (Phi) is 7.54. The van der Waals surface area contributed by atoms with Crippen molar-refractivity contribution < 1.29 is 9.53 Å². The molecular weight excluding hydrogens is 288 g/mol. The van der Waals surface area contributed by atoms with Gasteiger partial charge in [0, 0.05) is 24.7 Å². The van der Waals surface area contributed by atoms with Crippen LogP contribution in [0.3, 0.4) is 0 Å². The summed E-state index contributed by atoms with van der Waals surface area (Å²) < 4.78 is 5.60. The quantitative estimate of drug-likeness (QED) is 0.851. The molecule has 1 aliphatic rings. The normalized spacial score (nSPS) is 15.4. The van der Waals surface area contributed by atoms with E-state index in [1.165, 1.54) is 0 Å². The van der Waals surface area contributed by atoms with E-state index in [0.717, 1.165) is 56.7 Å². The fourth-order valence-electron chi connectivity index (χ4n) is 2.31. The first kappa shape index (κ1) is 17.8. The van der Waals surface area contributed by atoms with Crippen LogP contribution in [0, 0.1) is 0 Å². The van der Waals surface area contributed by atoms with Crippen LogP contribution in [0.4, 0.5) is 0 Å². The molecule has 0 radical (unpaired) electrons. The molecule has 0 atom stereocenters. The molecule has 1 aliphatic heterocycles. The highest BCUT2D eigenvalue weighted by Crippen LogP contribution is 2.16. The molecule has 1 aromatic rings. The van der Waals surface area contributed by atoms with Crippen LogP contribution in [-0.4, -0.2) is 36.5 Å². The van der Waals surface area contributed by atoms with Gasteiger partial charge in [0.15, 0.2) is 0 Å². The van der Waals surface area contributed by atoms with Crippen LogP contribution in [0.5, 0.6) is 5.75 Å². The minimum absolute atomic E-state index is 0. The van der Waals surface area contributed by atoms with E-state index in [2.05, 4.69) is 6.92 Å². The zero-order chi connectivity index (χ0) is 14.4. The lowest BCUT2D eigenvalue weighted by atomic mass is 10.0. The van der Waals surface area contributed by atoms with Crippen molar-refractivity contribution in [3.63, 3.8) is 0 Å². The number of carbonyl (C=O) groups excluding carboxylic acids is 1. The van der Waals surface area contributed by atoms with Crippen LogP contribution in [0.25, 0.3) is 0 Å². The summed E-state index contributed by atoms with van der Waals surface area (Å²) >= 11 is 0. The van der Waals surface area contributed by atoms with Crippen LogP contribution < -0.4 is 10.5 Å². The lowest BCUT2D eigenvalue weighted by Crippen LogP contribution is -2.42. The van der Waals surface area contributed by atoms with Gasteiger partial charge in [-0.15, -0.1) is 12.4 Å². The van der Waals surface area contributed by atoms with Gasteiger partial charge >= 0.3 is 0 Å². The van der Waals surface area contributed by atoms with Crippen molar-refractivity contribution in [2.24, 2.45) is 5.73 Å². The Labute approximate surface area is 133 Å². The van der Waals surface area contributed by atoms with Gasteiger partial charge in [0.2, 0.25) is 0 Å². The van der Waals surface area contributed by atoms with Crippen molar-refractivity contribution in [2.75, 3.05) is 19.7 Å². The Morgan fingerprint density at radius 1 is 1.29 bits per heavy atom. The highest BCUT2D eigenvalue weighted by molar-refractivity contribution is 5.94. The fraction of sp³-hybridized carbons (Fsp3) is 0.562. The van der Waals surface area contributed by atoms with Gasteiger partial charge in [-0.05, 0) is 43.5 Å². The molecule has 1 fully saturated rings. The van der Waals surface area contributed by atoms with Crippen molar-refractivity contribution in [3.05, 3.63) is 29.8 Å². The molecule has 0 saturated carbocycles. The SMILES string of the molecule is CCCCOc1ccc(C(=O)N2CCC(N)CC2)cc1.Cl. The molecule has 1 heterocycles. The van der Waals surface area contributed by atoms with E-state index < -0.39 is 0 Å². The number of carbonyl (C=O) groups is 1. The Hall–Kier alpha value is -1.26. The minimum Gasteiger partial charge on any atom is -0.494 e. The number of nitrogens with zero attached hydrogens (tertiary/aromatic N) is 1. The number of piperidine rings is 1. The van der Waals surface area contributed by atoms with Gasteiger partial charge in [0.05, 0.1) is 6.61 Å². The molecule has 4 nitrogen and oxygen atoms in total. The number of halogens is 1. The van der Waals surface area contributed by atoms with Gasteiger partial charge in [-0.3, -0.25) is 4.79 Å². The first-order valence-electron chi connectivity index (χ1n) is 7.48. The summed E-state index contributed by atoms with van der Waals surface area (Å²) in [5.74, 6) is 0.924. The average Bonchev–Trinajstić information content (AvgIpc) is 2.48. The van der Waals surface area contributed by atoms with E-state index >= 15 is 0 Å². The molecular formula is C16H25ClN2O2. The van der Waals surface area contributed by atoms with Crippen LogP contribution in [0.15, 0.2) is 24.3 Å². The number of ether oxygens (including phenoxy) is 1. The van der Waals surface area contributed by atoms with Crippen LogP contribution in [0.1, 0.15) is 43.0 Å². The number of unbranched alkanes of at least 4 members (excludes halogenated alkanes) is 1. The molecule has 0 aromatic heterocycles. The van der Waals surface area contributed by atoms with Gasteiger partial charge in [0.25, 0.3) is 5.91 Å². The number of hydrogen-bond donors (Lipinski definition) is 1. The average molecular weight is 313 g/mol. The Morgan fingerprint density at radius 2 is 1.90 bits per heavy atom. The first-order chi connectivity index (χ1) is 9.70. The number of likely N-dealkylation sites (tertiary alicyclic amines) is 1. The molecule has 2 rings (SSSR count). The smallest absolute Gasteiger partial charge is 0.253 e. The maximum atomic E-state index is 12.3. The fourth-order valence-corrected chi connectivity index (χ4v) is 2.31. The Balaban J connectivity index is 0.00000220. The molecule has 0 bridgehead atoms. The number of amides is 1. The summed E-state index contributed by atoms with van der Waals surface area (Å²) in [4.78, 5) is 14.2. The third-order valence-corrected chi connectivity index (χ3v) is 3.69. The first-order valence-corrected chi connectivity index (χ1v) is 7.48. The Bertz CT molecular complexity index is 428. The molecule has 1 amide bonds.